The van der Waals surface area contributed by atoms with Gasteiger partial charge < -0.3 is 10.2 Å². The lowest BCUT2D eigenvalue weighted by Crippen LogP contribution is -2.44. The predicted octanol–water partition coefficient (Wildman–Crippen LogP) is 2.19. The van der Waals surface area contributed by atoms with Crippen LogP contribution in [0.5, 0.6) is 0 Å². The van der Waals surface area contributed by atoms with Crippen molar-refractivity contribution in [2.75, 3.05) is 19.6 Å². The smallest absolute Gasteiger partial charge is 0.253 e. The Bertz CT molecular complexity index is 551. The fourth-order valence-electron chi connectivity index (χ4n) is 3.09. The topological polar surface area (TPSA) is 49.4 Å². The normalized spacial score (nSPS) is 21.1. The van der Waals surface area contributed by atoms with Gasteiger partial charge in [0, 0.05) is 36.1 Å². The highest BCUT2D eigenvalue weighted by Gasteiger charge is 2.41. The van der Waals surface area contributed by atoms with Crippen molar-refractivity contribution in [1.29, 1.82) is 0 Å². The molecule has 2 heterocycles. The van der Waals surface area contributed by atoms with E-state index in [1.54, 1.807) is 0 Å². The highest BCUT2D eigenvalue weighted by molar-refractivity contribution is 9.10. The number of hydrogen-bond donors (Lipinski definition) is 1. The Labute approximate surface area is 126 Å². The molecule has 2 aliphatic rings. The Morgan fingerprint density at radius 2 is 2.05 bits per heavy atom. The summed E-state index contributed by atoms with van der Waals surface area (Å²) in [5, 5.41) is 2.91. The second kappa shape index (κ2) is 5.20. The van der Waals surface area contributed by atoms with Crippen molar-refractivity contribution < 1.29 is 9.59 Å². The molecule has 1 aromatic carbocycles. The molecule has 0 bridgehead atoms. The molecule has 0 unspecified atom stereocenters. The van der Waals surface area contributed by atoms with Gasteiger partial charge in [-0.2, -0.15) is 0 Å². The van der Waals surface area contributed by atoms with Gasteiger partial charge in [-0.3, -0.25) is 9.59 Å². The van der Waals surface area contributed by atoms with Gasteiger partial charge in [-0.05, 0) is 36.5 Å². The molecule has 0 atom stereocenters. The van der Waals surface area contributed by atoms with Crippen LogP contribution in [0.3, 0.4) is 0 Å². The van der Waals surface area contributed by atoms with Gasteiger partial charge in [-0.15, -0.1) is 0 Å². The molecule has 3 rings (SSSR count). The summed E-state index contributed by atoms with van der Waals surface area (Å²) in [5.74, 6) is 0.232. The number of nitrogens with one attached hydrogen (secondary N) is 1. The lowest BCUT2D eigenvalue weighted by molar-refractivity contribution is -0.119. The van der Waals surface area contributed by atoms with Crippen LogP contribution < -0.4 is 5.32 Å². The minimum atomic E-state index is 0.0819. The first-order valence-electron chi connectivity index (χ1n) is 6.90. The highest BCUT2D eigenvalue weighted by atomic mass is 79.9. The van der Waals surface area contributed by atoms with Crippen molar-refractivity contribution in [1.82, 2.24) is 10.2 Å². The molecule has 2 fully saturated rings. The number of carbonyl (C=O) groups excluding carboxylic acids is 2. The zero-order valence-electron chi connectivity index (χ0n) is 11.2. The molecule has 2 saturated heterocycles. The van der Waals surface area contributed by atoms with Crippen LogP contribution in [-0.4, -0.2) is 36.3 Å². The molecule has 0 aromatic heterocycles. The van der Waals surface area contributed by atoms with Crippen LogP contribution >= 0.6 is 15.9 Å². The summed E-state index contributed by atoms with van der Waals surface area (Å²) in [6, 6.07) is 7.49. The van der Waals surface area contributed by atoms with Crippen LogP contribution in [-0.2, 0) is 4.79 Å². The SMILES string of the molecule is O=C1CC2(CCN(C(=O)c3cccc(Br)c3)CC2)CN1. The molecule has 0 aliphatic carbocycles. The van der Waals surface area contributed by atoms with Gasteiger partial charge >= 0.3 is 0 Å². The van der Waals surface area contributed by atoms with Gasteiger partial charge in [-0.25, -0.2) is 0 Å². The molecule has 2 amide bonds. The largest absolute Gasteiger partial charge is 0.356 e. The van der Waals surface area contributed by atoms with Crippen LogP contribution in [0.2, 0.25) is 0 Å². The first-order chi connectivity index (χ1) is 9.58. The van der Waals surface area contributed by atoms with Gasteiger partial charge in [0.1, 0.15) is 0 Å². The molecule has 1 aromatic rings. The Kier molecular flexibility index (Phi) is 3.54. The summed E-state index contributed by atoms with van der Waals surface area (Å²) in [6.45, 7) is 2.24. The lowest BCUT2D eigenvalue weighted by Gasteiger charge is -2.38. The highest BCUT2D eigenvalue weighted by Crippen LogP contribution is 2.37. The van der Waals surface area contributed by atoms with Crippen molar-refractivity contribution in [3.8, 4) is 0 Å². The van der Waals surface area contributed by atoms with E-state index in [0.717, 1.165) is 42.5 Å². The van der Waals surface area contributed by atoms with E-state index in [4.69, 9.17) is 0 Å². The van der Waals surface area contributed by atoms with Gasteiger partial charge in [0.25, 0.3) is 5.91 Å². The average Bonchev–Trinajstić information content (AvgIpc) is 2.80. The molecule has 4 nitrogen and oxygen atoms in total. The average molecular weight is 337 g/mol. The van der Waals surface area contributed by atoms with Crippen molar-refractivity contribution in [3.63, 3.8) is 0 Å². The Balaban J connectivity index is 1.66. The summed E-state index contributed by atoms with van der Waals surface area (Å²) in [6.07, 6.45) is 2.43. The maximum Gasteiger partial charge on any atom is 0.253 e. The first-order valence-corrected chi connectivity index (χ1v) is 7.69. The third kappa shape index (κ3) is 2.59. The number of nitrogens with zero attached hydrogens (tertiary/aromatic N) is 1. The van der Waals surface area contributed by atoms with E-state index in [2.05, 4.69) is 21.2 Å². The van der Waals surface area contributed by atoms with Crippen molar-refractivity contribution in [3.05, 3.63) is 34.3 Å². The third-order valence-corrected chi connectivity index (χ3v) is 4.87. The third-order valence-electron chi connectivity index (χ3n) is 4.38. The molecule has 5 heteroatoms. The van der Waals surface area contributed by atoms with Gasteiger partial charge in [0.05, 0.1) is 0 Å². The molecular formula is C15H17BrN2O2. The van der Waals surface area contributed by atoms with Crippen LogP contribution in [0, 0.1) is 5.41 Å². The summed E-state index contributed by atoms with van der Waals surface area (Å²) < 4.78 is 0.919. The standard InChI is InChI=1S/C15H17BrN2O2/c16-12-3-1-2-11(8-12)14(20)18-6-4-15(5-7-18)9-13(19)17-10-15/h1-3,8H,4-7,9-10H2,(H,17,19). The maximum atomic E-state index is 12.4. The Morgan fingerprint density at radius 3 is 2.65 bits per heavy atom. The predicted molar refractivity (Wildman–Crippen MR) is 79.3 cm³/mol. The number of rotatable bonds is 1. The maximum absolute atomic E-state index is 12.4. The number of amides is 2. The molecule has 20 heavy (non-hydrogen) atoms. The van der Waals surface area contributed by atoms with Gasteiger partial charge in [0.2, 0.25) is 5.91 Å². The van der Waals surface area contributed by atoms with Crippen LogP contribution in [0.4, 0.5) is 0 Å². The monoisotopic (exact) mass is 336 g/mol. The molecule has 2 aliphatic heterocycles. The van der Waals surface area contributed by atoms with E-state index >= 15 is 0 Å². The van der Waals surface area contributed by atoms with Crippen LogP contribution in [0.15, 0.2) is 28.7 Å². The first kappa shape index (κ1) is 13.6. The van der Waals surface area contributed by atoms with Gasteiger partial charge in [-0.1, -0.05) is 22.0 Å². The zero-order chi connectivity index (χ0) is 14.2. The number of hydrogen-bond acceptors (Lipinski definition) is 2. The van der Waals surface area contributed by atoms with E-state index in [0.29, 0.717) is 6.42 Å². The molecular weight excluding hydrogens is 320 g/mol. The van der Waals surface area contributed by atoms with Gasteiger partial charge in [0.15, 0.2) is 0 Å². The fourth-order valence-corrected chi connectivity index (χ4v) is 3.49. The number of carbonyl (C=O) groups is 2. The minimum absolute atomic E-state index is 0.0819. The summed E-state index contributed by atoms with van der Waals surface area (Å²) in [7, 11) is 0. The minimum Gasteiger partial charge on any atom is -0.356 e. The quantitative estimate of drug-likeness (QED) is 0.854. The molecule has 1 N–H and O–H groups in total. The van der Waals surface area contributed by atoms with Crippen molar-refractivity contribution in [2.24, 2.45) is 5.41 Å². The lowest BCUT2D eigenvalue weighted by atomic mass is 9.77. The van der Waals surface area contributed by atoms with Crippen molar-refractivity contribution in [2.45, 2.75) is 19.3 Å². The van der Waals surface area contributed by atoms with Crippen molar-refractivity contribution >= 4 is 27.7 Å². The zero-order valence-corrected chi connectivity index (χ0v) is 12.8. The summed E-state index contributed by atoms with van der Waals surface area (Å²) in [4.78, 5) is 25.7. The molecule has 0 saturated carbocycles. The summed E-state index contributed by atoms with van der Waals surface area (Å²) in [5.41, 5.74) is 0.807. The van der Waals surface area contributed by atoms with E-state index in [-0.39, 0.29) is 17.2 Å². The summed E-state index contributed by atoms with van der Waals surface area (Å²) >= 11 is 3.39. The Morgan fingerprint density at radius 1 is 1.30 bits per heavy atom. The van der Waals surface area contributed by atoms with E-state index in [1.807, 2.05) is 29.2 Å². The number of likely N-dealkylation sites (tertiary alicyclic amines) is 1. The van der Waals surface area contributed by atoms with Crippen LogP contribution in [0.1, 0.15) is 29.6 Å². The van der Waals surface area contributed by atoms with E-state index in [1.165, 1.54) is 0 Å². The van der Waals surface area contributed by atoms with E-state index < -0.39 is 0 Å². The Hall–Kier alpha value is -1.36. The van der Waals surface area contributed by atoms with Crippen LogP contribution in [0.25, 0.3) is 0 Å². The second-order valence-electron chi connectivity index (χ2n) is 5.76. The van der Waals surface area contributed by atoms with E-state index in [9.17, 15) is 9.59 Å². The molecule has 0 radical (unpaired) electrons. The molecule has 106 valence electrons. The molecule has 1 spiro atoms. The second-order valence-corrected chi connectivity index (χ2v) is 6.67. The number of piperidine rings is 1. The number of benzene rings is 1. The fraction of sp³-hybridized carbons (Fsp3) is 0.467. The number of halogens is 1.